The van der Waals surface area contributed by atoms with Crippen molar-refractivity contribution in [2.75, 3.05) is 0 Å². The molecule has 0 rings (SSSR count). The van der Waals surface area contributed by atoms with Crippen molar-refractivity contribution in [1.29, 1.82) is 0 Å². The highest BCUT2D eigenvalue weighted by Gasteiger charge is 1.84. The summed E-state index contributed by atoms with van der Waals surface area (Å²) in [6, 6.07) is 0. The molecule has 0 saturated carbocycles. The molecule has 1 radical (unpaired) electrons. The number of hydrogen-bond acceptors (Lipinski definition) is 0. The van der Waals surface area contributed by atoms with Crippen LogP contribution in [-0.4, -0.2) is 0 Å². The van der Waals surface area contributed by atoms with Crippen molar-refractivity contribution in [3.8, 4) is 0 Å². The van der Waals surface area contributed by atoms with Crippen LogP contribution in [0.25, 0.3) is 0 Å². The van der Waals surface area contributed by atoms with E-state index in [4.69, 9.17) is 0 Å². The molecule has 0 saturated heterocycles. The van der Waals surface area contributed by atoms with Gasteiger partial charge in [-0.3, -0.25) is 0 Å². The van der Waals surface area contributed by atoms with E-state index in [0.29, 0.717) is 0 Å². The van der Waals surface area contributed by atoms with Gasteiger partial charge in [-0.1, -0.05) is 63.8 Å². The Hall–Kier alpha value is -0.520. The molecule has 0 bridgehead atoms. The molecule has 0 amide bonds. The second-order valence-corrected chi connectivity index (χ2v) is 4.72. The lowest BCUT2D eigenvalue weighted by molar-refractivity contribution is 0.727. The standard InChI is InChI=1S/C17H31/c1-3-5-7-9-11-13-15-17-16-14-12-10-8-6-4-2/h11-14H,1,3-10,15-17H2,2H3/b13-11+,14-12+. The van der Waals surface area contributed by atoms with Crippen molar-refractivity contribution in [3.05, 3.63) is 31.2 Å². The molecule has 0 aromatic rings. The molecular formula is C17H31. The minimum absolute atomic E-state index is 1.08. The van der Waals surface area contributed by atoms with Crippen molar-refractivity contribution in [1.82, 2.24) is 0 Å². The summed E-state index contributed by atoms with van der Waals surface area (Å²) in [5.74, 6) is 0. The van der Waals surface area contributed by atoms with Crippen molar-refractivity contribution in [2.24, 2.45) is 0 Å². The first kappa shape index (κ1) is 16.5. The molecule has 0 aromatic heterocycles. The molecule has 0 heterocycles. The van der Waals surface area contributed by atoms with Crippen LogP contribution in [0.3, 0.4) is 0 Å². The fraction of sp³-hybridized carbons (Fsp3) is 0.706. The SMILES string of the molecule is [CH2]CCCC/C=C/CCC/C=C/CCCCC. The first-order valence-corrected chi connectivity index (χ1v) is 7.51. The Morgan fingerprint density at radius 3 is 1.59 bits per heavy atom. The lowest BCUT2D eigenvalue weighted by Crippen LogP contribution is -1.73. The Morgan fingerprint density at radius 2 is 1.12 bits per heavy atom. The fourth-order valence-electron chi connectivity index (χ4n) is 1.78. The maximum Gasteiger partial charge on any atom is -0.0348 e. The van der Waals surface area contributed by atoms with Crippen LogP contribution in [0.5, 0.6) is 0 Å². The lowest BCUT2D eigenvalue weighted by atomic mass is 10.1. The van der Waals surface area contributed by atoms with E-state index in [1.54, 1.807) is 0 Å². The Bertz CT molecular complexity index is 156. The molecule has 0 aliphatic rings. The minimum atomic E-state index is 1.08. The van der Waals surface area contributed by atoms with Crippen LogP contribution in [0.1, 0.15) is 77.6 Å². The highest BCUT2D eigenvalue weighted by Crippen LogP contribution is 2.04. The van der Waals surface area contributed by atoms with Crippen LogP contribution >= 0.6 is 0 Å². The molecule has 99 valence electrons. The first-order chi connectivity index (χ1) is 8.41. The average Bonchev–Trinajstić information content (AvgIpc) is 2.35. The third kappa shape index (κ3) is 15.5. The van der Waals surface area contributed by atoms with Gasteiger partial charge in [-0.05, 0) is 44.9 Å². The average molecular weight is 235 g/mol. The number of unbranched alkanes of at least 4 members (excludes halogenated alkanes) is 8. The molecule has 0 aliphatic heterocycles. The maximum atomic E-state index is 3.85. The van der Waals surface area contributed by atoms with Crippen LogP contribution in [0, 0.1) is 6.92 Å². The van der Waals surface area contributed by atoms with Gasteiger partial charge in [-0.25, -0.2) is 0 Å². The van der Waals surface area contributed by atoms with E-state index in [-0.39, 0.29) is 0 Å². The fourth-order valence-corrected chi connectivity index (χ4v) is 1.78. The third-order valence-corrected chi connectivity index (χ3v) is 2.92. The summed E-state index contributed by atoms with van der Waals surface area (Å²) in [7, 11) is 0. The molecule has 0 fully saturated rings. The van der Waals surface area contributed by atoms with Crippen molar-refractivity contribution in [3.63, 3.8) is 0 Å². The number of rotatable bonds is 12. The molecular weight excluding hydrogens is 204 g/mol. The minimum Gasteiger partial charge on any atom is -0.0885 e. The predicted octanol–water partition coefficient (Wildman–Crippen LogP) is 6.24. The maximum absolute atomic E-state index is 3.85. The van der Waals surface area contributed by atoms with Crippen LogP contribution in [0.15, 0.2) is 24.3 Å². The first-order valence-electron chi connectivity index (χ1n) is 7.51. The highest BCUT2D eigenvalue weighted by atomic mass is 13.9. The van der Waals surface area contributed by atoms with Gasteiger partial charge in [0, 0.05) is 0 Å². The Kier molecular flexibility index (Phi) is 15.0. The zero-order valence-corrected chi connectivity index (χ0v) is 11.8. The van der Waals surface area contributed by atoms with Gasteiger partial charge in [0.2, 0.25) is 0 Å². The molecule has 17 heavy (non-hydrogen) atoms. The van der Waals surface area contributed by atoms with Crippen molar-refractivity contribution < 1.29 is 0 Å². The summed E-state index contributed by atoms with van der Waals surface area (Å²) in [5.41, 5.74) is 0. The molecule has 0 nitrogen and oxygen atoms in total. The van der Waals surface area contributed by atoms with E-state index in [9.17, 15) is 0 Å². The van der Waals surface area contributed by atoms with E-state index >= 15 is 0 Å². The Morgan fingerprint density at radius 1 is 0.647 bits per heavy atom. The molecule has 0 spiro atoms. The van der Waals surface area contributed by atoms with Gasteiger partial charge in [0.05, 0.1) is 0 Å². The van der Waals surface area contributed by atoms with Crippen LogP contribution in [0.2, 0.25) is 0 Å². The molecule has 0 aromatic carbocycles. The van der Waals surface area contributed by atoms with Gasteiger partial charge in [-0.15, -0.1) is 0 Å². The summed E-state index contributed by atoms with van der Waals surface area (Å²) in [6.45, 7) is 6.11. The van der Waals surface area contributed by atoms with Gasteiger partial charge < -0.3 is 0 Å². The van der Waals surface area contributed by atoms with Gasteiger partial charge in [0.1, 0.15) is 0 Å². The second-order valence-electron chi connectivity index (χ2n) is 4.72. The Labute approximate surface area is 109 Å². The van der Waals surface area contributed by atoms with Crippen molar-refractivity contribution >= 4 is 0 Å². The number of hydrogen-bond donors (Lipinski definition) is 0. The lowest BCUT2D eigenvalue weighted by Gasteiger charge is -1.94. The monoisotopic (exact) mass is 235 g/mol. The number of allylic oxidation sites excluding steroid dienone is 4. The van der Waals surface area contributed by atoms with Crippen LogP contribution in [-0.2, 0) is 0 Å². The van der Waals surface area contributed by atoms with Gasteiger partial charge >= 0.3 is 0 Å². The zero-order chi connectivity index (χ0) is 12.6. The van der Waals surface area contributed by atoms with E-state index in [2.05, 4.69) is 38.2 Å². The topological polar surface area (TPSA) is 0 Å². The smallest absolute Gasteiger partial charge is 0.0348 e. The molecule has 0 atom stereocenters. The van der Waals surface area contributed by atoms with Crippen molar-refractivity contribution in [2.45, 2.75) is 77.6 Å². The van der Waals surface area contributed by atoms with E-state index < -0.39 is 0 Å². The quantitative estimate of drug-likeness (QED) is 0.277. The van der Waals surface area contributed by atoms with E-state index in [0.717, 1.165) is 6.42 Å². The normalized spacial score (nSPS) is 11.9. The molecule has 0 heteroatoms. The summed E-state index contributed by atoms with van der Waals surface area (Å²) in [6.07, 6.45) is 23.4. The highest BCUT2D eigenvalue weighted by molar-refractivity contribution is 4.85. The summed E-state index contributed by atoms with van der Waals surface area (Å²) >= 11 is 0. The summed E-state index contributed by atoms with van der Waals surface area (Å²) in [4.78, 5) is 0. The summed E-state index contributed by atoms with van der Waals surface area (Å²) < 4.78 is 0. The van der Waals surface area contributed by atoms with Gasteiger partial charge in [0.15, 0.2) is 0 Å². The van der Waals surface area contributed by atoms with Crippen LogP contribution < -0.4 is 0 Å². The third-order valence-electron chi connectivity index (χ3n) is 2.92. The Balaban J connectivity index is 3.11. The van der Waals surface area contributed by atoms with E-state index in [1.807, 2.05) is 0 Å². The molecule has 0 aliphatic carbocycles. The summed E-state index contributed by atoms with van der Waals surface area (Å²) in [5, 5.41) is 0. The zero-order valence-electron chi connectivity index (χ0n) is 11.8. The van der Waals surface area contributed by atoms with Crippen LogP contribution in [0.4, 0.5) is 0 Å². The molecule has 0 unspecified atom stereocenters. The predicted molar refractivity (Wildman–Crippen MR) is 80.1 cm³/mol. The van der Waals surface area contributed by atoms with E-state index in [1.165, 1.54) is 64.2 Å². The largest absolute Gasteiger partial charge is 0.0885 e. The van der Waals surface area contributed by atoms with Gasteiger partial charge in [-0.2, -0.15) is 0 Å². The second kappa shape index (κ2) is 15.5. The van der Waals surface area contributed by atoms with Gasteiger partial charge in [0.25, 0.3) is 0 Å². The molecule has 0 N–H and O–H groups in total.